The molecule has 3 rings (SSSR count). The minimum atomic E-state index is -4.38. The van der Waals surface area contributed by atoms with Crippen LogP contribution in [0.25, 0.3) is 6.08 Å². The average Bonchev–Trinajstić information content (AvgIpc) is 3.14. The normalized spacial score (nSPS) is 15.9. The largest absolute Gasteiger partial charge is 0.417 e. The second kappa shape index (κ2) is 8.45. The highest BCUT2D eigenvalue weighted by Gasteiger charge is 2.31. The van der Waals surface area contributed by atoms with E-state index in [1.165, 1.54) is 12.1 Å². The Kier molecular flexibility index (Phi) is 6.01. The molecule has 0 bridgehead atoms. The van der Waals surface area contributed by atoms with Crippen LogP contribution in [0.15, 0.2) is 36.8 Å². The van der Waals surface area contributed by atoms with Crippen molar-refractivity contribution in [3.05, 3.63) is 48.2 Å². The predicted octanol–water partition coefficient (Wildman–Crippen LogP) is 3.12. The molecule has 0 aromatic carbocycles. The number of carbonyl (C=O) groups excluding carboxylic acids is 1. The van der Waals surface area contributed by atoms with Gasteiger partial charge in [0, 0.05) is 50.3 Å². The van der Waals surface area contributed by atoms with Gasteiger partial charge in [0.1, 0.15) is 11.6 Å². The van der Waals surface area contributed by atoms with Gasteiger partial charge in [-0.1, -0.05) is 0 Å². The van der Waals surface area contributed by atoms with Crippen LogP contribution in [-0.2, 0) is 17.5 Å². The fourth-order valence-corrected chi connectivity index (χ4v) is 3.14. The van der Waals surface area contributed by atoms with E-state index in [0.717, 1.165) is 24.6 Å². The van der Waals surface area contributed by atoms with Gasteiger partial charge in [-0.15, -0.1) is 0 Å². The Balaban J connectivity index is 1.49. The molecule has 9 heteroatoms. The topological polar surface area (TPSA) is 63.1 Å². The van der Waals surface area contributed by atoms with Crippen LogP contribution in [-0.4, -0.2) is 39.6 Å². The maximum atomic E-state index is 12.6. The van der Waals surface area contributed by atoms with Gasteiger partial charge in [-0.3, -0.25) is 4.79 Å². The lowest BCUT2D eigenvalue weighted by molar-refractivity contribution is -0.137. The number of carbonyl (C=O) groups is 1. The summed E-state index contributed by atoms with van der Waals surface area (Å²) >= 11 is 0. The summed E-state index contributed by atoms with van der Waals surface area (Å²) in [6.07, 6.45) is 4.56. The van der Waals surface area contributed by atoms with Gasteiger partial charge in [0.05, 0.1) is 5.56 Å². The molecule has 0 atom stereocenters. The lowest BCUT2D eigenvalue weighted by Gasteiger charge is -2.33. The molecule has 2 aromatic heterocycles. The smallest absolute Gasteiger partial charge is 0.356 e. The third-order valence-corrected chi connectivity index (χ3v) is 4.71. The summed E-state index contributed by atoms with van der Waals surface area (Å²) < 4.78 is 39.8. The zero-order chi connectivity index (χ0) is 20.1. The standard InChI is InChI=1S/C19H22F3N5O/c1-2-26-12-9-23-16(26)5-6-18(28)25-15-7-10-27(11-8-15)17-4-3-14(13-24-17)19(20,21)22/h3-6,9,12-13,15H,2,7-8,10-11H2,1H3,(H,25,28). The van der Waals surface area contributed by atoms with E-state index >= 15 is 0 Å². The summed E-state index contributed by atoms with van der Waals surface area (Å²) in [4.78, 5) is 22.2. The maximum Gasteiger partial charge on any atom is 0.417 e. The summed E-state index contributed by atoms with van der Waals surface area (Å²) in [5, 5.41) is 2.96. The summed E-state index contributed by atoms with van der Waals surface area (Å²) in [6.45, 7) is 4.01. The molecule has 2 aromatic rings. The second-order valence-corrected chi connectivity index (χ2v) is 6.58. The molecule has 0 aliphatic carbocycles. The number of alkyl halides is 3. The minimum absolute atomic E-state index is 0.0220. The van der Waals surface area contributed by atoms with Gasteiger partial charge in [0.2, 0.25) is 5.91 Å². The number of rotatable bonds is 5. The van der Waals surface area contributed by atoms with E-state index in [4.69, 9.17) is 0 Å². The van der Waals surface area contributed by atoms with Crippen LogP contribution in [0.3, 0.4) is 0 Å². The molecule has 6 nitrogen and oxygen atoms in total. The third-order valence-electron chi connectivity index (χ3n) is 4.71. The number of anilines is 1. The van der Waals surface area contributed by atoms with Crippen molar-refractivity contribution in [3.63, 3.8) is 0 Å². The SMILES string of the molecule is CCn1ccnc1C=CC(=O)NC1CCN(c2ccc(C(F)(F)F)cn2)CC1. The van der Waals surface area contributed by atoms with E-state index in [0.29, 0.717) is 31.7 Å². The first-order chi connectivity index (χ1) is 13.4. The zero-order valence-corrected chi connectivity index (χ0v) is 15.5. The molecule has 150 valence electrons. The lowest BCUT2D eigenvalue weighted by Crippen LogP contribution is -2.44. The Morgan fingerprint density at radius 2 is 2.04 bits per heavy atom. The Hall–Kier alpha value is -2.84. The number of imidazole rings is 1. The Labute approximate surface area is 161 Å². The van der Waals surface area contributed by atoms with Gasteiger partial charge < -0.3 is 14.8 Å². The first-order valence-corrected chi connectivity index (χ1v) is 9.14. The van der Waals surface area contributed by atoms with Crippen molar-refractivity contribution >= 4 is 17.8 Å². The highest BCUT2D eigenvalue weighted by molar-refractivity contribution is 5.91. The van der Waals surface area contributed by atoms with Gasteiger partial charge in [-0.2, -0.15) is 13.2 Å². The number of halogens is 3. The van der Waals surface area contributed by atoms with Gasteiger partial charge >= 0.3 is 6.18 Å². The molecule has 1 N–H and O–H groups in total. The molecule has 1 aliphatic rings. The number of amides is 1. The molecule has 1 amide bonds. The van der Waals surface area contributed by atoms with Crippen LogP contribution < -0.4 is 10.2 Å². The predicted molar refractivity (Wildman–Crippen MR) is 99.6 cm³/mol. The van der Waals surface area contributed by atoms with Gasteiger partial charge in [0.25, 0.3) is 0 Å². The number of hydrogen-bond acceptors (Lipinski definition) is 4. The van der Waals surface area contributed by atoms with Crippen molar-refractivity contribution in [1.29, 1.82) is 0 Å². The Morgan fingerprint density at radius 3 is 2.64 bits per heavy atom. The fraction of sp³-hybridized carbons (Fsp3) is 0.421. The number of aryl methyl sites for hydroxylation is 1. The molecule has 3 heterocycles. The molecule has 0 saturated carbocycles. The van der Waals surface area contributed by atoms with Crippen LogP contribution in [0.4, 0.5) is 19.0 Å². The highest BCUT2D eigenvalue weighted by atomic mass is 19.4. The molecule has 1 saturated heterocycles. The van der Waals surface area contributed by atoms with Crippen molar-refractivity contribution in [3.8, 4) is 0 Å². The molecule has 28 heavy (non-hydrogen) atoms. The van der Waals surface area contributed by atoms with Crippen LogP contribution >= 0.6 is 0 Å². The highest BCUT2D eigenvalue weighted by Crippen LogP contribution is 2.29. The summed E-state index contributed by atoms with van der Waals surface area (Å²) in [7, 11) is 0. The number of nitrogens with one attached hydrogen (secondary N) is 1. The number of nitrogens with zero attached hydrogens (tertiary/aromatic N) is 4. The lowest BCUT2D eigenvalue weighted by atomic mass is 10.0. The number of hydrogen-bond donors (Lipinski definition) is 1. The van der Waals surface area contributed by atoms with Crippen molar-refractivity contribution in [2.24, 2.45) is 0 Å². The van der Waals surface area contributed by atoms with Crippen molar-refractivity contribution < 1.29 is 18.0 Å². The maximum absolute atomic E-state index is 12.6. The Morgan fingerprint density at radius 1 is 1.29 bits per heavy atom. The van der Waals surface area contributed by atoms with Crippen LogP contribution in [0, 0.1) is 0 Å². The number of piperidine rings is 1. The van der Waals surface area contributed by atoms with Crippen LogP contribution in [0.1, 0.15) is 31.2 Å². The second-order valence-electron chi connectivity index (χ2n) is 6.58. The van der Waals surface area contributed by atoms with Crippen LogP contribution in [0.2, 0.25) is 0 Å². The quantitative estimate of drug-likeness (QED) is 0.793. The molecule has 0 radical (unpaired) electrons. The van der Waals surface area contributed by atoms with E-state index < -0.39 is 11.7 Å². The molecular weight excluding hydrogens is 371 g/mol. The third kappa shape index (κ3) is 4.90. The average molecular weight is 393 g/mol. The van der Waals surface area contributed by atoms with E-state index in [1.54, 1.807) is 12.3 Å². The van der Waals surface area contributed by atoms with Crippen molar-refractivity contribution in [2.75, 3.05) is 18.0 Å². The molecule has 0 unspecified atom stereocenters. The zero-order valence-electron chi connectivity index (χ0n) is 15.5. The van der Waals surface area contributed by atoms with Gasteiger partial charge in [-0.05, 0) is 38.0 Å². The minimum Gasteiger partial charge on any atom is -0.356 e. The molecule has 0 spiro atoms. The summed E-state index contributed by atoms with van der Waals surface area (Å²) in [5.41, 5.74) is -0.756. The summed E-state index contributed by atoms with van der Waals surface area (Å²) in [5.74, 6) is 1.06. The van der Waals surface area contributed by atoms with E-state index in [1.807, 2.05) is 22.6 Å². The monoisotopic (exact) mass is 393 g/mol. The number of pyridine rings is 1. The van der Waals surface area contributed by atoms with Gasteiger partial charge in [-0.25, -0.2) is 9.97 Å². The Bertz CT molecular complexity index is 821. The fourth-order valence-electron chi connectivity index (χ4n) is 3.14. The van der Waals surface area contributed by atoms with E-state index in [2.05, 4.69) is 15.3 Å². The number of aromatic nitrogens is 3. The van der Waals surface area contributed by atoms with Crippen molar-refractivity contribution in [2.45, 2.75) is 38.5 Å². The van der Waals surface area contributed by atoms with Crippen LogP contribution in [0.5, 0.6) is 0 Å². The van der Waals surface area contributed by atoms with E-state index in [-0.39, 0.29) is 11.9 Å². The molecular formula is C19H22F3N5O. The molecule has 1 aliphatic heterocycles. The van der Waals surface area contributed by atoms with E-state index in [9.17, 15) is 18.0 Å². The summed E-state index contributed by atoms with van der Waals surface area (Å²) in [6, 6.07) is 2.45. The first kappa shape index (κ1) is 19.9. The van der Waals surface area contributed by atoms with Gasteiger partial charge in [0.15, 0.2) is 0 Å². The first-order valence-electron chi connectivity index (χ1n) is 9.14. The molecule has 1 fully saturated rings. The van der Waals surface area contributed by atoms with Crippen molar-refractivity contribution in [1.82, 2.24) is 19.9 Å².